The Morgan fingerprint density at radius 3 is 2.47 bits per heavy atom. The van der Waals surface area contributed by atoms with Gasteiger partial charge in [-0.05, 0) is 44.1 Å². The van der Waals surface area contributed by atoms with E-state index in [1.165, 1.54) is 32.4 Å². The van der Waals surface area contributed by atoms with Gasteiger partial charge in [-0.15, -0.1) is 0 Å². The van der Waals surface area contributed by atoms with Gasteiger partial charge in [0.05, 0.1) is 0 Å². The summed E-state index contributed by atoms with van der Waals surface area (Å²) in [6, 6.07) is 2.46. The average molecular weight is 238 g/mol. The van der Waals surface area contributed by atoms with Crippen LogP contribution >= 0.6 is 0 Å². The highest BCUT2D eigenvalue weighted by Crippen LogP contribution is 2.33. The lowest BCUT2D eigenvalue weighted by Crippen LogP contribution is -2.38. The van der Waals surface area contributed by atoms with Crippen LogP contribution in [0.1, 0.15) is 53.9 Å². The molecule has 1 aliphatic carbocycles. The van der Waals surface area contributed by atoms with Gasteiger partial charge in [0, 0.05) is 24.7 Å². The molecule has 0 amide bonds. The lowest BCUT2D eigenvalue weighted by Gasteiger charge is -2.28. The minimum atomic E-state index is 0.424. The Bertz CT molecular complexity index is 252. The molecule has 0 aromatic heterocycles. The Hall–Kier alpha value is -0.0800. The third-order valence-corrected chi connectivity index (χ3v) is 4.83. The highest BCUT2D eigenvalue weighted by atomic mass is 15.3. The third-order valence-electron chi connectivity index (χ3n) is 4.83. The van der Waals surface area contributed by atoms with Crippen molar-refractivity contribution in [1.82, 2.24) is 10.2 Å². The molecule has 1 N–H and O–H groups in total. The fraction of sp³-hybridized carbons (Fsp3) is 1.00. The molecule has 3 unspecified atom stereocenters. The van der Waals surface area contributed by atoms with Crippen molar-refractivity contribution in [3.8, 4) is 0 Å². The second-order valence-corrected chi connectivity index (χ2v) is 7.38. The van der Waals surface area contributed by atoms with Crippen molar-refractivity contribution in [2.24, 2.45) is 11.3 Å². The monoisotopic (exact) mass is 238 g/mol. The van der Waals surface area contributed by atoms with Crippen LogP contribution in [0, 0.1) is 11.3 Å². The Morgan fingerprint density at radius 1 is 1.29 bits per heavy atom. The standard InChI is InChI=1S/C15H30N2/c1-11(15(3,4)5)9-16-13-8-12(2)17(10-13)14-6-7-14/h11-14,16H,6-10H2,1-5H3. The van der Waals surface area contributed by atoms with E-state index in [2.05, 4.69) is 44.8 Å². The van der Waals surface area contributed by atoms with Gasteiger partial charge in [0.15, 0.2) is 0 Å². The van der Waals surface area contributed by atoms with Crippen LogP contribution in [-0.4, -0.2) is 36.1 Å². The van der Waals surface area contributed by atoms with E-state index >= 15 is 0 Å². The summed E-state index contributed by atoms with van der Waals surface area (Å²) in [7, 11) is 0. The number of nitrogens with zero attached hydrogens (tertiary/aromatic N) is 1. The maximum atomic E-state index is 3.79. The van der Waals surface area contributed by atoms with Crippen LogP contribution in [0.15, 0.2) is 0 Å². The van der Waals surface area contributed by atoms with Crippen LogP contribution in [-0.2, 0) is 0 Å². The van der Waals surface area contributed by atoms with Crippen molar-refractivity contribution in [3.05, 3.63) is 0 Å². The second kappa shape index (κ2) is 4.89. The molecule has 2 rings (SSSR count). The van der Waals surface area contributed by atoms with Crippen LogP contribution in [0.25, 0.3) is 0 Å². The summed E-state index contributed by atoms with van der Waals surface area (Å²) in [4.78, 5) is 2.72. The number of nitrogens with one attached hydrogen (secondary N) is 1. The maximum absolute atomic E-state index is 3.79. The zero-order valence-electron chi connectivity index (χ0n) is 12.3. The molecule has 2 nitrogen and oxygen atoms in total. The minimum Gasteiger partial charge on any atom is -0.312 e. The van der Waals surface area contributed by atoms with E-state index < -0.39 is 0 Å². The van der Waals surface area contributed by atoms with E-state index in [1.54, 1.807) is 0 Å². The van der Waals surface area contributed by atoms with Crippen molar-refractivity contribution in [2.75, 3.05) is 13.1 Å². The van der Waals surface area contributed by atoms with E-state index in [1.807, 2.05) is 0 Å². The fourth-order valence-electron chi connectivity index (χ4n) is 2.77. The molecule has 2 heteroatoms. The quantitative estimate of drug-likeness (QED) is 0.810. The smallest absolute Gasteiger partial charge is 0.0210 e. The van der Waals surface area contributed by atoms with Gasteiger partial charge in [0.2, 0.25) is 0 Å². The van der Waals surface area contributed by atoms with Gasteiger partial charge in [-0.25, -0.2) is 0 Å². The van der Waals surface area contributed by atoms with Gasteiger partial charge in [-0.1, -0.05) is 27.7 Å². The van der Waals surface area contributed by atoms with Crippen LogP contribution in [0.5, 0.6) is 0 Å². The summed E-state index contributed by atoms with van der Waals surface area (Å²) < 4.78 is 0. The van der Waals surface area contributed by atoms with E-state index in [-0.39, 0.29) is 0 Å². The van der Waals surface area contributed by atoms with Crippen LogP contribution < -0.4 is 5.32 Å². The van der Waals surface area contributed by atoms with Crippen molar-refractivity contribution in [3.63, 3.8) is 0 Å². The molecule has 0 aromatic carbocycles. The molecule has 100 valence electrons. The molecule has 0 spiro atoms. The van der Waals surface area contributed by atoms with Gasteiger partial charge in [0.1, 0.15) is 0 Å². The molecule has 0 radical (unpaired) electrons. The molecule has 17 heavy (non-hydrogen) atoms. The second-order valence-electron chi connectivity index (χ2n) is 7.38. The molecule has 0 bridgehead atoms. The number of rotatable bonds is 4. The first-order valence-electron chi connectivity index (χ1n) is 7.37. The van der Waals surface area contributed by atoms with Gasteiger partial charge < -0.3 is 5.32 Å². The van der Waals surface area contributed by atoms with Crippen molar-refractivity contribution in [1.29, 1.82) is 0 Å². The van der Waals surface area contributed by atoms with Gasteiger partial charge >= 0.3 is 0 Å². The maximum Gasteiger partial charge on any atom is 0.0210 e. The zero-order valence-corrected chi connectivity index (χ0v) is 12.3. The molecule has 1 heterocycles. The van der Waals surface area contributed by atoms with Crippen LogP contribution in [0.4, 0.5) is 0 Å². The molecule has 2 fully saturated rings. The highest BCUT2D eigenvalue weighted by Gasteiger charge is 2.38. The topological polar surface area (TPSA) is 15.3 Å². The Balaban J connectivity index is 1.74. The molecule has 3 atom stereocenters. The fourth-order valence-corrected chi connectivity index (χ4v) is 2.77. The van der Waals surface area contributed by atoms with E-state index in [0.717, 1.165) is 24.0 Å². The summed E-state index contributed by atoms with van der Waals surface area (Å²) in [5, 5.41) is 3.79. The van der Waals surface area contributed by atoms with Gasteiger partial charge in [-0.3, -0.25) is 4.90 Å². The first kappa shape index (κ1) is 13.4. The lowest BCUT2D eigenvalue weighted by molar-refractivity contribution is 0.237. The first-order chi connectivity index (χ1) is 7.88. The molecule has 2 aliphatic rings. The van der Waals surface area contributed by atoms with E-state index in [9.17, 15) is 0 Å². The summed E-state index contributed by atoms with van der Waals surface area (Å²) >= 11 is 0. The molecule has 1 saturated carbocycles. The summed E-state index contributed by atoms with van der Waals surface area (Å²) in [5.41, 5.74) is 0.424. The first-order valence-corrected chi connectivity index (χ1v) is 7.37. The molecular formula is C15H30N2. The number of hydrogen-bond acceptors (Lipinski definition) is 2. The Labute approximate surface area is 107 Å². The average Bonchev–Trinajstić information content (AvgIpc) is 2.98. The largest absolute Gasteiger partial charge is 0.312 e. The highest BCUT2D eigenvalue weighted by molar-refractivity contribution is 4.96. The molecule has 1 saturated heterocycles. The third kappa shape index (κ3) is 3.45. The van der Waals surface area contributed by atoms with E-state index in [4.69, 9.17) is 0 Å². The molecule has 1 aliphatic heterocycles. The van der Waals surface area contributed by atoms with Gasteiger partial charge in [-0.2, -0.15) is 0 Å². The van der Waals surface area contributed by atoms with Crippen LogP contribution in [0.3, 0.4) is 0 Å². The summed E-state index contributed by atoms with van der Waals surface area (Å²) in [6.07, 6.45) is 4.22. The molecule has 0 aromatic rings. The van der Waals surface area contributed by atoms with Gasteiger partial charge in [0.25, 0.3) is 0 Å². The summed E-state index contributed by atoms with van der Waals surface area (Å²) in [6.45, 7) is 14.2. The predicted octanol–water partition coefficient (Wildman–Crippen LogP) is 2.88. The minimum absolute atomic E-state index is 0.424. The number of likely N-dealkylation sites (tertiary alicyclic amines) is 1. The molecular weight excluding hydrogens is 208 g/mol. The lowest BCUT2D eigenvalue weighted by atomic mass is 9.82. The normalized spacial score (nSPS) is 33.0. The SMILES string of the molecule is CC1CC(NCC(C)C(C)(C)C)CN1C1CC1. The summed E-state index contributed by atoms with van der Waals surface area (Å²) in [5.74, 6) is 0.743. The van der Waals surface area contributed by atoms with Crippen LogP contribution in [0.2, 0.25) is 0 Å². The van der Waals surface area contributed by atoms with Crippen molar-refractivity contribution in [2.45, 2.75) is 72.0 Å². The number of hydrogen-bond donors (Lipinski definition) is 1. The van der Waals surface area contributed by atoms with Crippen molar-refractivity contribution < 1.29 is 0 Å². The van der Waals surface area contributed by atoms with Crippen molar-refractivity contribution >= 4 is 0 Å². The zero-order chi connectivity index (χ0) is 12.6. The Kier molecular flexibility index (Phi) is 3.84. The predicted molar refractivity (Wildman–Crippen MR) is 74.2 cm³/mol. The van der Waals surface area contributed by atoms with E-state index in [0.29, 0.717) is 5.41 Å². The Morgan fingerprint density at radius 2 is 1.94 bits per heavy atom.